The van der Waals surface area contributed by atoms with Gasteiger partial charge < -0.3 is 5.32 Å². The zero-order valence-corrected chi connectivity index (χ0v) is 18.1. The van der Waals surface area contributed by atoms with E-state index in [1.54, 1.807) is 30.3 Å². The summed E-state index contributed by atoms with van der Waals surface area (Å²) in [4.78, 5) is 14.8. The molecule has 0 atom stereocenters. The number of aromatic nitrogens is 3. The number of nitrogens with zero attached hydrogens (tertiary/aromatic N) is 3. The van der Waals surface area contributed by atoms with Crippen molar-refractivity contribution in [1.82, 2.24) is 15.0 Å². The number of nitrogens with one attached hydrogen (secondary N) is 1. The van der Waals surface area contributed by atoms with Crippen LogP contribution < -0.4 is 5.32 Å². The molecule has 2 aromatic heterocycles. The Bertz CT molecular complexity index is 1430. The summed E-state index contributed by atoms with van der Waals surface area (Å²) < 4.78 is 0.838. The highest BCUT2D eigenvalue weighted by Crippen LogP contribution is 2.37. The van der Waals surface area contributed by atoms with Crippen molar-refractivity contribution in [1.29, 1.82) is 0 Å². The molecule has 5 aromatic rings. The fourth-order valence-corrected chi connectivity index (χ4v) is 4.97. The van der Waals surface area contributed by atoms with E-state index in [0.29, 0.717) is 36.7 Å². The van der Waals surface area contributed by atoms with Crippen molar-refractivity contribution < 1.29 is 4.79 Å². The molecule has 0 saturated heterocycles. The van der Waals surface area contributed by atoms with Gasteiger partial charge >= 0.3 is 0 Å². The highest BCUT2D eigenvalue weighted by atomic mass is 35.5. The van der Waals surface area contributed by atoms with Crippen LogP contribution in [0.5, 0.6) is 0 Å². The number of para-hydroxylation sites is 1. The van der Waals surface area contributed by atoms with Gasteiger partial charge in [-0.2, -0.15) is 4.80 Å². The molecule has 3 aromatic carbocycles. The molecule has 0 aliphatic rings. The summed E-state index contributed by atoms with van der Waals surface area (Å²) in [6.45, 7) is 0. The van der Waals surface area contributed by atoms with Gasteiger partial charge in [-0.25, -0.2) is 0 Å². The molecule has 1 amide bonds. The fraction of sp³-hybridized carbons (Fsp3) is 0. The van der Waals surface area contributed by atoms with Crippen LogP contribution in [-0.2, 0) is 0 Å². The first-order chi connectivity index (χ1) is 14.5. The van der Waals surface area contributed by atoms with Crippen molar-refractivity contribution in [3.63, 3.8) is 0 Å². The summed E-state index contributed by atoms with van der Waals surface area (Å²) in [5.74, 6) is -0.353. The van der Waals surface area contributed by atoms with Gasteiger partial charge in [0.05, 0.1) is 21.4 Å². The Hall–Kier alpha value is -2.64. The van der Waals surface area contributed by atoms with Gasteiger partial charge in [-0.3, -0.25) is 4.79 Å². The molecule has 5 nitrogen and oxygen atoms in total. The van der Waals surface area contributed by atoms with Crippen molar-refractivity contribution in [3.8, 4) is 5.69 Å². The summed E-state index contributed by atoms with van der Waals surface area (Å²) in [5.41, 5.74) is 2.48. The zero-order chi connectivity index (χ0) is 20.8. The fourth-order valence-electron chi connectivity index (χ4n) is 3.07. The highest BCUT2D eigenvalue weighted by Gasteiger charge is 2.19. The lowest BCUT2D eigenvalue weighted by Gasteiger charge is -2.06. The summed E-state index contributed by atoms with van der Waals surface area (Å²) in [6, 6.07) is 18.2. The van der Waals surface area contributed by atoms with Crippen LogP contribution in [0.25, 0.3) is 26.8 Å². The maximum atomic E-state index is 12.9. The SMILES string of the molecule is O=C(Nc1cc2nn(-c3ccccc3)nc2cc1Cl)c1sc2cc(Cl)ccc2c1Cl. The Morgan fingerprint density at radius 2 is 1.67 bits per heavy atom. The summed E-state index contributed by atoms with van der Waals surface area (Å²) in [5, 5.41) is 13.9. The molecular weight excluding hydrogens is 463 g/mol. The maximum Gasteiger partial charge on any atom is 0.267 e. The minimum Gasteiger partial charge on any atom is -0.320 e. The van der Waals surface area contributed by atoms with Gasteiger partial charge in [-0.1, -0.05) is 59.1 Å². The van der Waals surface area contributed by atoms with E-state index in [-0.39, 0.29) is 5.91 Å². The second kappa shape index (κ2) is 7.56. The number of benzene rings is 3. The van der Waals surface area contributed by atoms with E-state index in [0.717, 1.165) is 15.8 Å². The van der Waals surface area contributed by atoms with Crippen LogP contribution in [0.4, 0.5) is 5.69 Å². The summed E-state index contributed by atoms with van der Waals surface area (Å²) >= 11 is 20.1. The van der Waals surface area contributed by atoms with Crippen molar-refractivity contribution in [3.05, 3.63) is 80.6 Å². The largest absolute Gasteiger partial charge is 0.320 e. The third-order valence-corrected chi connectivity index (χ3v) is 6.71. The molecule has 148 valence electrons. The molecule has 1 N–H and O–H groups in total. The van der Waals surface area contributed by atoms with Crippen LogP contribution in [0.15, 0.2) is 60.7 Å². The van der Waals surface area contributed by atoms with E-state index in [9.17, 15) is 4.79 Å². The zero-order valence-electron chi connectivity index (χ0n) is 15.1. The van der Waals surface area contributed by atoms with E-state index in [1.807, 2.05) is 30.3 Å². The van der Waals surface area contributed by atoms with Crippen molar-refractivity contribution in [2.45, 2.75) is 0 Å². The topological polar surface area (TPSA) is 59.8 Å². The number of halogens is 3. The number of hydrogen-bond acceptors (Lipinski definition) is 4. The smallest absolute Gasteiger partial charge is 0.267 e. The van der Waals surface area contributed by atoms with E-state index in [2.05, 4.69) is 15.5 Å². The maximum absolute atomic E-state index is 12.9. The molecule has 0 aliphatic carbocycles. The van der Waals surface area contributed by atoms with Gasteiger partial charge in [-0.15, -0.1) is 21.5 Å². The number of anilines is 1. The molecule has 2 heterocycles. The van der Waals surface area contributed by atoms with E-state index in [4.69, 9.17) is 34.8 Å². The number of amides is 1. The second-order valence-corrected chi connectivity index (χ2v) is 8.76. The molecule has 0 fully saturated rings. The third kappa shape index (κ3) is 3.42. The number of rotatable bonds is 3. The van der Waals surface area contributed by atoms with Gasteiger partial charge in [0.1, 0.15) is 15.9 Å². The molecular formula is C21H11Cl3N4OS. The molecule has 30 heavy (non-hydrogen) atoms. The number of hydrogen-bond donors (Lipinski definition) is 1. The Balaban J connectivity index is 1.50. The van der Waals surface area contributed by atoms with E-state index < -0.39 is 0 Å². The van der Waals surface area contributed by atoms with Gasteiger partial charge in [0.15, 0.2) is 0 Å². The lowest BCUT2D eigenvalue weighted by Crippen LogP contribution is -2.11. The van der Waals surface area contributed by atoms with Crippen LogP contribution in [0, 0.1) is 0 Å². The van der Waals surface area contributed by atoms with Gasteiger partial charge in [0.25, 0.3) is 5.91 Å². The Morgan fingerprint density at radius 1 is 0.933 bits per heavy atom. The first kappa shape index (κ1) is 19.3. The summed E-state index contributed by atoms with van der Waals surface area (Å²) in [7, 11) is 0. The molecule has 9 heteroatoms. The monoisotopic (exact) mass is 472 g/mol. The van der Waals surface area contributed by atoms with Crippen LogP contribution in [0.3, 0.4) is 0 Å². The van der Waals surface area contributed by atoms with Crippen molar-refractivity contribution >= 4 is 78.9 Å². The Morgan fingerprint density at radius 3 is 2.43 bits per heavy atom. The summed E-state index contributed by atoms with van der Waals surface area (Å²) in [6.07, 6.45) is 0. The average molecular weight is 474 g/mol. The molecule has 0 saturated carbocycles. The molecule has 0 spiro atoms. The Labute approximate surface area is 189 Å². The van der Waals surface area contributed by atoms with E-state index >= 15 is 0 Å². The van der Waals surface area contributed by atoms with Gasteiger partial charge in [0.2, 0.25) is 0 Å². The predicted octanol–water partition coefficient (Wildman–Crippen LogP) is 6.85. The Kier molecular flexibility index (Phi) is 4.87. The number of carbonyl (C=O) groups is 1. The van der Waals surface area contributed by atoms with Crippen LogP contribution in [0.2, 0.25) is 15.1 Å². The lowest BCUT2D eigenvalue weighted by molar-refractivity contribution is 0.103. The van der Waals surface area contributed by atoms with Gasteiger partial charge in [-0.05, 0) is 36.4 Å². The number of fused-ring (bicyclic) bond motifs is 2. The minimum atomic E-state index is -0.353. The van der Waals surface area contributed by atoms with Crippen LogP contribution in [-0.4, -0.2) is 20.9 Å². The quantitative estimate of drug-likeness (QED) is 0.312. The third-order valence-electron chi connectivity index (χ3n) is 4.50. The van der Waals surface area contributed by atoms with Crippen LogP contribution >= 0.6 is 46.1 Å². The number of carbonyl (C=O) groups excluding carboxylic acids is 1. The standard InChI is InChI=1S/C21H11Cl3N4OS/c22-11-6-7-13-18(8-11)30-20(19(13)24)21(29)25-15-10-17-16(9-14(15)23)26-28(27-17)12-4-2-1-3-5-12/h1-10H,(H,25,29). The second-order valence-electron chi connectivity index (χ2n) is 6.49. The predicted molar refractivity (Wildman–Crippen MR) is 124 cm³/mol. The first-order valence-corrected chi connectivity index (χ1v) is 10.8. The van der Waals surface area contributed by atoms with Crippen LogP contribution in [0.1, 0.15) is 9.67 Å². The van der Waals surface area contributed by atoms with Crippen molar-refractivity contribution in [2.24, 2.45) is 0 Å². The highest BCUT2D eigenvalue weighted by molar-refractivity contribution is 7.21. The molecule has 5 rings (SSSR count). The lowest BCUT2D eigenvalue weighted by atomic mass is 10.2. The van der Waals surface area contributed by atoms with E-state index in [1.165, 1.54) is 16.1 Å². The molecule has 0 radical (unpaired) electrons. The molecule has 0 aliphatic heterocycles. The number of thiophene rings is 1. The molecule has 0 unspecified atom stereocenters. The average Bonchev–Trinajstić information content (AvgIpc) is 3.29. The molecule has 0 bridgehead atoms. The normalized spacial score (nSPS) is 11.3. The van der Waals surface area contributed by atoms with Crippen molar-refractivity contribution in [2.75, 3.05) is 5.32 Å². The first-order valence-electron chi connectivity index (χ1n) is 8.80. The van der Waals surface area contributed by atoms with Gasteiger partial charge in [0, 0.05) is 15.1 Å². The minimum absolute atomic E-state index is 0.353.